The molecule has 3 aromatic rings. The molecule has 1 aromatic heterocycles. The highest BCUT2D eigenvalue weighted by molar-refractivity contribution is 14.1. The van der Waals surface area contributed by atoms with Gasteiger partial charge >= 0.3 is 0 Å². The second kappa shape index (κ2) is 8.92. The minimum Gasteiger partial charge on any atom is -0.497 e. The van der Waals surface area contributed by atoms with E-state index in [1.54, 1.807) is 7.11 Å². The summed E-state index contributed by atoms with van der Waals surface area (Å²) in [6.45, 7) is 4.31. The van der Waals surface area contributed by atoms with Gasteiger partial charge in [0.05, 0.1) is 18.6 Å². The van der Waals surface area contributed by atoms with E-state index in [1.807, 2.05) is 74.5 Å². The second-order valence-corrected chi connectivity index (χ2v) is 9.50. The number of hydrogen-bond donors (Lipinski definition) is 0. The van der Waals surface area contributed by atoms with E-state index in [-0.39, 0.29) is 17.7 Å². The van der Waals surface area contributed by atoms with Crippen LogP contribution in [0.1, 0.15) is 22.5 Å². The first kappa shape index (κ1) is 21.7. The van der Waals surface area contributed by atoms with Crippen molar-refractivity contribution in [3.63, 3.8) is 0 Å². The standard InChI is InChI=1S/C24H21IN2O3S/c1-15-11-18(16(2)27(15)20-5-4-6-21(13-20)30-3)12-22-23(28)26(24(29)31-22)14-17-7-9-19(25)10-8-17/h4-13H,14H2,1-3H3/b22-12-. The number of ether oxygens (including phenoxy) is 1. The molecule has 0 aliphatic carbocycles. The highest BCUT2D eigenvalue weighted by Gasteiger charge is 2.35. The van der Waals surface area contributed by atoms with Gasteiger partial charge in [0, 0.05) is 26.7 Å². The minimum absolute atomic E-state index is 0.239. The van der Waals surface area contributed by atoms with Gasteiger partial charge in [-0.3, -0.25) is 14.5 Å². The molecule has 31 heavy (non-hydrogen) atoms. The van der Waals surface area contributed by atoms with Crippen LogP contribution < -0.4 is 4.74 Å². The Balaban J connectivity index is 1.62. The molecule has 0 atom stereocenters. The number of imide groups is 1. The van der Waals surface area contributed by atoms with Crippen LogP contribution in [-0.2, 0) is 11.3 Å². The molecule has 7 heteroatoms. The second-order valence-electron chi connectivity index (χ2n) is 7.26. The molecule has 1 aliphatic heterocycles. The number of carbonyl (C=O) groups is 2. The number of carbonyl (C=O) groups excluding carboxylic acids is 2. The third-order valence-corrected chi connectivity index (χ3v) is 6.82. The third-order valence-electron chi connectivity index (χ3n) is 5.20. The largest absolute Gasteiger partial charge is 0.497 e. The number of aryl methyl sites for hydroxylation is 1. The number of halogens is 1. The summed E-state index contributed by atoms with van der Waals surface area (Å²) in [5.74, 6) is 0.531. The Morgan fingerprint density at radius 1 is 1.06 bits per heavy atom. The molecule has 1 aliphatic rings. The van der Waals surface area contributed by atoms with Crippen molar-refractivity contribution in [1.82, 2.24) is 9.47 Å². The third kappa shape index (κ3) is 4.43. The fraction of sp³-hybridized carbons (Fsp3) is 0.167. The van der Waals surface area contributed by atoms with Crippen LogP contribution in [0, 0.1) is 17.4 Å². The van der Waals surface area contributed by atoms with Crippen molar-refractivity contribution in [2.45, 2.75) is 20.4 Å². The van der Waals surface area contributed by atoms with E-state index in [9.17, 15) is 9.59 Å². The number of aromatic nitrogens is 1. The molecule has 0 bridgehead atoms. The van der Waals surface area contributed by atoms with Crippen molar-refractivity contribution in [2.75, 3.05) is 7.11 Å². The molecule has 1 fully saturated rings. The summed E-state index contributed by atoms with van der Waals surface area (Å²) in [5.41, 5.74) is 4.87. The zero-order valence-electron chi connectivity index (χ0n) is 17.4. The van der Waals surface area contributed by atoms with Crippen molar-refractivity contribution in [3.8, 4) is 11.4 Å². The molecule has 0 spiro atoms. The van der Waals surface area contributed by atoms with Gasteiger partial charge in [-0.2, -0.15) is 0 Å². The number of benzene rings is 2. The molecule has 2 aromatic carbocycles. The van der Waals surface area contributed by atoms with Crippen LogP contribution in [-0.4, -0.2) is 27.7 Å². The Labute approximate surface area is 199 Å². The van der Waals surface area contributed by atoms with Gasteiger partial charge in [-0.15, -0.1) is 0 Å². The summed E-state index contributed by atoms with van der Waals surface area (Å²) >= 11 is 3.22. The Kier molecular flexibility index (Phi) is 6.24. The van der Waals surface area contributed by atoms with Gasteiger partial charge in [0.1, 0.15) is 5.75 Å². The molecule has 0 unspecified atom stereocenters. The number of hydrogen-bond acceptors (Lipinski definition) is 4. The molecule has 2 amide bonds. The predicted molar refractivity (Wildman–Crippen MR) is 132 cm³/mol. The Hall–Kier alpha value is -2.52. The maximum absolute atomic E-state index is 12.9. The van der Waals surface area contributed by atoms with Crippen molar-refractivity contribution in [3.05, 3.63) is 85.6 Å². The van der Waals surface area contributed by atoms with Crippen LogP contribution in [0.2, 0.25) is 0 Å². The Morgan fingerprint density at radius 3 is 2.52 bits per heavy atom. The first-order valence-electron chi connectivity index (χ1n) is 9.70. The van der Waals surface area contributed by atoms with Crippen LogP contribution in [0.25, 0.3) is 11.8 Å². The average Bonchev–Trinajstić information content (AvgIpc) is 3.19. The topological polar surface area (TPSA) is 51.5 Å². The first-order chi connectivity index (χ1) is 14.9. The van der Waals surface area contributed by atoms with Crippen LogP contribution in [0.15, 0.2) is 59.5 Å². The SMILES string of the molecule is COc1cccc(-n2c(C)cc(/C=C3\SC(=O)N(Cc4ccc(I)cc4)C3=O)c2C)c1. The van der Waals surface area contributed by atoms with Gasteiger partial charge in [0.25, 0.3) is 11.1 Å². The maximum atomic E-state index is 12.9. The molecular formula is C24H21IN2O3S. The number of nitrogens with zero attached hydrogens (tertiary/aromatic N) is 2. The van der Waals surface area contributed by atoms with Crippen LogP contribution >= 0.6 is 34.4 Å². The van der Waals surface area contributed by atoms with E-state index in [4.69, 9.17) is 4.74 Å². The van der Waals surface area contributed by atoms with Crippen molar-refractivity contribution in [1.29, 1.82) is 0 Å². The number of thioether (sulfide) groups is 1. The molecule has 158 valence electrons. The van der Waals surface area contributed by atoms with E-state index in [0.717, 1.165) is 49.3 Å². The smallest absolute Gasteiger partial charge is 0.293 e. The van der Waals surface area contributed by atoms with E-state index < -0.39 is 0 Å². The van der Waals surface area contributed by atoms with E-state index in [0.29, 0.717) is 4.91 Å². The molecule has 5 nitrogen and oxygen atoms in total. The summed E-state index contributed by atoms with van der Waals surface area (Å²) in [7, 11) is 1.65. The van der Waals surface area contributed by atoms with Gasteiger partial charge in [-0.25, -0.2) is 0 Å². The molecular weight excluding hydrogens is 523 g/mol. The lowest BCUT2D eigenvalue weighted by atomic mass is 10.2. The van der Waals surface area contributed by atoms with Gasteiger partial charge < -0.3 is 9.30 Å². The van der Waals surface area contributed by atoms with Crippen LogP contribution in [0.4, 0.5) is 4.79 Å². The van der Waals surface area contributed by atoms with Crippen molar-refractivity contribution < 1.29 is 14.3 Å². The van der Waals surface area contributed by atoms with E-state index in [1.165, 1.54) is 4.90 Å². The molecule has 0 saturated carbocycles. The summed E-state index contributed by atoms with van der Waals surface area (Å²) in [6.07, 6.45) is 1.82. The zero-order chi connectivity index (χ0) is 22.1. The molecule has 2 heterocycles. The summed E-state index contributed by atoms with van der Waals surface area (Å²) in [4.78, 5) is 27.2. The van der Waals surface area contributed by atoms with Gasteiger partial charge in [0.2, 0.25) is 0 Å². The lowest BCUT2D eigenvalue weighted by Gasteiger charge is -2.12. The maximum Gasteiger partial charge on any atom is 0.293 e. The molecule has 4 rings (SSSR count). The monoisotopic (exact) mass is 544 g/mol. The van der Waals surface area contributed by atoms with Gasteiger partial charge in [-0.05, 0) is 95.7 Å². The van der Waals surface area contributed by atoms with Gasteiger partial charge in [-0.1, -0.05) is 18.2 Å². The zero-order valence-corrected chi connectivity index (χ0v) is 20.4. The summed E-state index contributed by atoms with van der Waals surface area (Å²) in [6, 6.07) is 17.7. The van der Waals surface area contributed by atoms with Crippen LogP contribution in [0.3, 0.4) is 0 Å². The first-order valence-corrected chi connectivity index (χ1v) is 11.6. The fourth-order valence-electron chi connectivity index (χ4n) is 3.63. The van der Waals surface area contributed by atoms with Crippen molar-refractivity contribution >= 4 is 51.6 Å². The molecule has 0 radical (unpaired) electrons. The number of methoxy groups -OCH3 is 1. The molecule has 1 saturated heterocycles. The lowest BCUT2D eigenvalue weighted by molar-refractivity contribution is -0.123. The highest BCUT2D eigenvalue weighted by atomic mass is 127. The summed E-state index contributed by atoms with van der Waals surface area (Å²) < 4.78 is 8.57. The summed E-state index contributed by atoms with van der Waals surface area (Å²) in [5, 5.41) is -0.239. The van der Waals surface area contributed by atoms with Crippen LogP contribution in [0.5, 0.6) is 5.75 Å². The highest BCUT2D eigenvalue weighted by Crippen LogP contribution is 2.35. The minimum atomic E-state index is -0.250. The van der Waals surface area contributed by atoms with E-state index in [2.05, 4.69) is 27.2 Å². The van der Waals surface area contributed by atoms with Crippen molar-refractivity contribution in [2.24, 2.45) is 0 Å². The van der Waals surface area contributed by atoms with E-state index >= 15 is 0 Å². The Morgan fingerprint density at radius 2 is 1.81 bits per heavy atom. The molecule has 0 N–H and O–H groups in total. The number of amides is 2. The normalized spacial score (nSPS) is 15.2. The fourth-order valence-corrected chi connectivity index (χ4v) is 4.82. The predicted octanol–water partition coefficient (Wildman–Crippen LogP) is 5.94. The van der Waals surface area contributed by atoms with Gasteiger partial charge in [0.15, 0.2) is 0 Å². The average molecular weight is 544 g/mol. The quantitative estimate of drug-likeness (QED) is 0.295. The lowest BCUT2D eigenvalue weighted by Crippen LogP contribution is -2.27. The Bertz CT molecular complexity index is 1200. The number of rotatable bonds is 5.